The number of halogens is 1. The molecule has 8 heteroatoms. The molecule has 1 saturated carbocycles. The predicted molar refractivity (Wildman–Crippen MR) is 111 cm³/mol. The van der Waals surface area contributed by atoms with Crippen molar-refractivity contribution in [1.82, 2.24) is 14.7 Å². The second-order valence-corrected chi connectivity index (χ2v) is 8.83. The Morgan fingerprint density at radius 1 is 1.27 bits per heavy atom. The number of nitrogens with zero attached hydrogens (tertiary/aromatic N) is 4. The summed E-state index contributed by atoms with van der Waals surface area (Å²) >= 11 is 0. The molecule has 0 bridgehead atoms. The summed E-state index contributed by atoms with van der Waals surface area (Å²) in [6.07, 6.45) is 4.14. The van der Waals surface area contributed by atoms with Gasteiger partial charge in [-0.15, -0.1) is 0 Å². The van der Waals surface area contributed by atoms with E-state index < -0.39 is 0 Å². The third-order valence-electron chi connectivity index (χ3n) is 6.51. The van der Waals surface area contributed by atoms with Crippen LogP contribution in [0.3, 0.4) is 0 Å². The summed E-state index contributed by atoms with van der Waals surface area (Å²) in [6.45, 7) is 3.79. The Labute approximate surface area is 174 Å². The topological polar surface area (TPSA) is 70.5 Å². The van der Waals surface area contributed by atoms with E-state index in [4.69, 9.17) is 5.10 Å². The second kappa shape index (κ2) is 7.11. The fourth-order valence-corrected chi connectivity index (χ4v) is 4.64. The van der Waals surface area contributed by atoms with Crippen molar-refractivity contribution in [2.45, 2.75) is 44.6 Å². The molecule has 30 heavy (non-hydrogen) atoms. The lowest BCUT2D eigenvalue weighted by Gasteiger charge is -2.46. The summed E-state index contributed by atoms with van der Waals surface area (Å²) < 4.78 is 15.4. The van der Waals surface area contributed by atoms with Crippen LogP contribution < -0.4 is 10.2 Å². The van der Waals surface area contributed by atoms with Crippen LogP contribution >= 0.6 is 0 Å². The van der Waals surface area contributed by atoms with Crippen molar-refractivity contribution in [1.29, 1.82) is 0 Å². The molecule has 3 aliphatic rings. The van der Waals surface area contributed by atoms with Crippen molar-refractivity contribution >= 4 is 23.4 Å². The van der Waals surface area contributed by atoms with Gasteiger partial charge in [-0.1, -0.05) is 6.07 Å². The SMILES string of the molecule is Cc1cc2n(n1)C1(CCN(C(=O)Nc3cccc(F)c3)CC1)CC(=O)N2CC1CC1. The van der Waals surface area contributed by atoms with E-state index in [1.807, 2.05) is 22.6 Å². The van der Waals surface area contributed by atoms with E-state index >= 15 is 0 Å². The Bertz CT molecular complexity index is 991. The number of benzene rings is 1. The first-order valence-electron chi connectivity index (χ1n) is 10.6. The summed E-state index contributed by atoms with van der Waals surface area (Å²) in [5, 5.41) is 7.51. The number of urea groups is 1. The molecule has 0 unspecified atom stereocenters. The van der Waals surface area contributed by atoms with Gasteiger partial charge >= 0.3 is 6.03 Å². The molecule has 1 saturated heterocycles. The van der Waals surface area contributed by atoms with Crippen LogP contribution in [0.1, 0.15) is 37.8 Å². The molecule has 1 spiro atoms. The monoisotopic (exact) mass is 411 g/mol. The van der Waals surface area contributed by atoms with Gasteiger partial charge in [0, 0.05) is 31.4 Å². The maximum absolute atomic E-state index is 13.4. The largest absolute Gasteiger partial charge is 0.324 e. The van der Waals surface area contributed by atoms with Gasteiger partial charge in [-0.3, -0.25) is 9.69 Å². The molecule has 3 amide bonds. The van der Waals surface area contributed by atoms with Gasteiger partial charge in [0.15, 0.2) is 0 Å². The van der Waals surface area contributed by atoms with Gasteiger partial charge in [0.05, 0.1) is 17.7 Å². The number of carbonyl (C=O) groups is 2. The van der Waals surface area contributed by atoms with Gasteiger partial charge in [0.25, 0.3) is 0 Å². The first-order chi connectivity index (χ1) is 14.4. The maximum Gasteiger partial charge on any atom is 0.321 e. The third kappa shape index (κ3) is 3.44. The van der Waals surface area contributed by atoms with Gasteiger partial charge in [-0.2, -0.15) is 5.10 Å². The highest BCUT2D eigenvalue weighted by Gasteiger charge is 2.47. The minimum atomic E-state index is -0.386. The van der Waals surface area contributed by atoms with Crippen LogP contribution in [-0.4, -0.2) is 46.3 Å². The number of amides is 3. The van der Waals surface area contributed by atoms with E-state index in [-0.39, 0.29) is 23.3 Å². The normalized spacial score (nSPS) is 20.4. The number of piperidine rings is 1. The minimum Gasteiger partial charge on any atom is -0.324 e. The molecule has 1 aromatic heterocycles. The first kappa shape index (κ1) is 19.1. The van der Waals surface area contributed by atoms with Crippen LogP contribution in [0.5, 0.6) is 0 Å². The highest BCUT2D eigenvalue weighted by Crippen LogP contribution is 2.43. The minimum absolute atomic E-state index is 0.159. The molecule has 1 aliphatic carbocycles. The highest BCUT2D eigenvalue weighted by molar-refractivity contribution is 5.95. The number of hydrogen-bond donors (Lipinski definition) is 1. The molecule has 7 nitrogen and oxygen atoms in total. The third-order valence-corrected chi connectivity index (χ3v) is 6.51. The fraction of sp³-hybridized carbons (Fsp3) is 0.500. The molecule has 0 atom stereocenters. The number of hydrogen-bond acceptors (Lipinski definition) is 3. The molecule has 1 aromatic carbocycles. The first-order valence-corrected chi connectivity index (χ1v) is 10.6. The van der Waals surface area contributed by atoms with Crippen LogP contribution in [-0.2, 0) is 10.3 Å². The van der Waals surface area contributed by atoms with Crippen LogP contribution in [0.2, 0.25) is 0 Å². The smallest absolute Gasteiger partial charge is 0.321 e. The van der Waals surface area contributed by atoms with Crippen molar-refractivity contribution < 1.29 is 14.0 Å². The second-order valence-electron chi connectivity index (χ2n) is 8.83. The standard InChI is InChI=1S/C22H26FN5O2/c1-15-11-19-27(14-16-5-6-16)20(29)13-22(28(19)25-15)7-9-26(10-8-22)21(30)24-18-4-2-3-17(23)12-18/h2-4,11-12,16H,5-10,13-14H2,1H3,(H,24,30). The number of likely N-dealkylation sites (tertiary alicyclic amines) is 1. The molecular formula is C22H26FN5O2. The molecule has 5 rings (SSSR count). The zero-order valence-corrected chi connectivity index (χ0v) is 17.1. The Morgan fingerprint density at radius 3 is 2.73 bits per heavy atom. The summed E-state index contributed by atoms with van der Waals surface area (Å²) in [5.41, 5.74) is 0.969. The molecule has 1 N–H and O–H groups in total. The number of aromatic nitrogens is 2. The van der Waals surface area contributed by atoms with Crippen molar-refractivity contribution in [3.8, 4) is 0 Å². The van der Waals surface area contributed by atoms with Crippen LogP contribution in [0.25, 0.3) is 0 Å². The molecule has 2 aliphatic heterocycles. The van der Waals surface area contributed by atoms with E-state index in [0.717, 1.165) is 18.1 Å². The van der Waals surface area contributed by atoms with Crippen molar-refractivity contribution in [2.24, 2.45) is 5.92 Å². The number of aryl methyl sites for hydroxylation is 1. The zero-order valence-electron chi connectivity index (χ0n) is 17.1. The summed E-state index contributed by atoms with van der Waals surface area (Å²) in [4.78, 5) is 29.3. The van der Waals surface area contributed by atoms with E-state index in [9.17, 15) is 14.0 Å². The van der Waals surface area contributed by atoms with Gasteiger partial charge < -0.3 is 10.2 Å². The lowest BCUT2D eigenvalue weighted by Crippen LogP contribution is -2.55. The van der Waals surface area contributed by atoms with Crippen molar-refractivity contribution in [2.75, 3.05) is 29.9 Å². The number of rotatable bonds is 3. The van der Waals surface area contributed by atoms with Gasteiger partial charge in [0.1, 0.15) is 11.6 Å². The summed E-state index contributed by atoms with van der Waals surface area (Å²) in [7, 11) is 0. The summed E-state index contributed by atoms with van der Waals surface area (Å²) in [6, 6.07) is 7.64. The number of nitrogens with one attached hydrogen (secondary N) is 1. The van der Waals surface area contributed by atoms with E-state index in [0.29, 0.717) is 44.0 Å². The average Bonchev–Trinajstić information content (AvgIpc) is 3.44. The van der Waals surface area contributed by atoms with Gasteiger partial charge in [0.2, 0.25) is 5.91 Å². The quantitative estimate of drug-likeness (QED) is 0.840. The van der Waals surface area contributed by atoms with Crippen LogP contribution in [0, 0.1) is 18.7 Å². The highest BCUT2D eigenvalue weighted by atomic mass is 19.1. The van der Waals surface area contributed by atoms with E-state index in [1.54, 1.807) is 17.0 Å². The zero-order chi connectivity index (χ0) is 20.9. The Hall–Kier alpha value is -2.90. The van der Waals surface area contributed by atoms with Gasteiger partial charge in [-0.05, 0) is 56.7 Å². The molecule has 2 aromatic rings. The molecule has 0 radical (unpaired) electrons. The molecule has 2 fully saturated rings. The molecule has 158 valence electrons. The van der Waals surface area contributed by atoms with Crippen molar-refractivity contribution in [3.63, 3.8) is 0 Å². The average molecular weight is 411 g/mol. The lowest BCUT2D eigenvalue weighted by atomic mass is 9.82. The maximum atomic E-state index is 13.4. The molecular weight excluding hydrogens is 385 g/mol. The number of fused-ring (bicyclic) bond motifs is 2. The Balaban J connectivity index is 1.31. The van der Waals surface area contributed by atoms with Crippen molar-refractivity contribution in [3.05, 3.63) is 41.8 Å². The lowest BCUT2D eigenvalue weighted by molar-refractivity contribution is -0.122. The van der Waals surface area contributed by atoms with E-state index in [1.165, 1.54) is 25.0 Å². The van der Waals surface area contributed by atoms with Crippen LogP contribution in [0.4, 0.5) is 20.7 Å². The summed E-state index contributed by atoms with van der Waals surface area (Å²) in [5.74, 6) is 1.28. The molecule has 3 heterocycles. The predicted octanol–water partition coefficient (Wildman–Crippen LogP) is 3.50. The Morgan fingerprint density at radius 2 is 2.03 bits per heavy atom. The number of anilines is 2. The Kier molecular flexibility index (Phi) is 4.52. The fourth-order valence-electron chi connectivity index (χ4n) is 4.64. The number of carbonyl (C=O) groups excluding carboxylic acids is 2. The van der Waals surface area contributed by atoms with E-state index in [2.05, 4.69) is 5.32 Å². The van der Waals surface area contributed by atoms with Crippen LogP contribution in [0.15, 0.2) is 30.3 Å². The van der Waals surface area contributed by atoms with Gasteiger partial charge in [-0.25, -0.2) is 13.9 Å².